The van der Waals surface area contributed by atoms with Gasteiger partial charge in [0.1, 0.15) is 5.60 Å². The Morgan fingerprint density at radius 2 is 1.66 bits per heavy atom. The topological polar surface area (TPSA) is 95.1 Å². The molecule has 0 fully saturated rings. The van der Waals surface area contributed by atoms with E-state index in [1.807, 2.05) is 45.0 Å². The van der Waals surface area contributed by atoms with Crippen LogP contribution in [0.5, 0.6) is 0 Å². The Hall–Kier alpha value is -2.04. The van der Waals surface area contributed by atoms with Crippen LogP contribution < -0.4 is 16.0 Å². The van der Waals surface area contributed by atoms with Crippen LogP contribution in [-0.2, 0) is 16.0 Å². The van der Waals surface area contributed by atoms with Crippen molar-refractivity contribution in [2.24, 2.45) is 4.99 Å². The maximum Gasteiger partial charge on any atom is 0.412 e. The number of hydrogen-bond donors (Lipinski definition) is 3. The molecule has 0 aromatic heterocycles. The number of anilines is 1. The molecule has 0 aliphatic carbocycles. The number of amides is 2. The van der Waals surface area contributed by atoms with Crippen molar-refractivity contribution < 1.29 is 14.3 Å². The molecular weight excluding hydrogens is 485 g/mol. The molecule has 164 valence electrons. The first-order chi connectivity index (χ1) is 13.1. The van der Waals surface area contributed by atoms with Crippen molar-refractivity contribution in [2.45, 2.75) is 39.2 Å². The Balaban J connectivity index is 0.00000784. The van der Waals surface area contributed by atoms with Crippen molar-refractivity contribution in [2.75, 3.05) is 39.5 Å². The number of aliphatic imine (C=N–C) groups is 1. The zero-order chi connectivity index (χ0) is 21.2. The summed E-state index contributed by atoms with van der Waals surface area (Å²) in [5.74, 6) is 0.734. The van der Waals surface area contributed by atoms with Gasteiger partial charge in [-0.25, -0.2) is 4.79 Å². The minimum atomic E-state index is -0.526. The maximum atomic E-state index is 11.8. The minimum Gasteiger partial charge on any atom is -0.444 e. The lowest BCUT2D eigenvalue weighted by molar-refractivity contribution is -0.128. The van der Waals surface area contributed by atoms with Crippen LogP contribution in [0.2, 0.25) is 0 Å². The molecule has 0 spiro atoms. The van der Waals surface area contributed by atoms with Gasteiger partial charge in [-0.1, -0.05) is 12.1 Å². The van der Waals surface area contributed by atoms with Crippen LogP contribution in [0, 0.1) is 0 Å². The molecule has 1 rings (SSSR count). The number of carbonyl (C=O) groups is 2. The van der Waals surface area contributed by atoms with E-state index in [4.69, 9.17) is 4.74 Å². The Morgan fingerprint density at radius 1 is 1.07 bits per heavy atom. The monoisotopic (exact) mass is 519 g/mol. The highest BCUT2D eigenvalue weighted by atomic mass is 127. The average molecular weight is 519 g/mol. The molecule has 0 saturated heterocycles. The molecule has 9 heteroatoms. The third-order valence-electron chi connectivity index (χ3n) is 3.66. The molecule has 0 atom stereocenters. The molecule has 0 radical (unpaired) electrons. The van der Waals surface area contributed by atoms with E-state index in [0.717, 1.165) is 12.0 Å². The van der Waals surface area contributed by atoms with E-state index in [-0.39, 0.29) is 29.9 Å². The third-order valence-corrected chi connectivity index (χ3v) is 3.66. The summed E-state index contributed by atoms with van der Waals surface area (Å²) in [5, 5.41) is 9.05. The molecule has 2 amide bonds. The Morgan fingerprint density at radius 3 is 2.17 bits per heavy atom. The first-order valence-electron chi connectivity index (χ1n) is 9.34. The van der Waals surface area contributed by atoms with Gasteiger partial charge in [-0.05, 0) is 44.9 Å². The summed E-state index contributed by atoms with van der Waals surface area (Å²) in [6.45, 7) is 6.70. The van der Waals surface area contributed by atoms with E-state index < -0.39 is 11.7 Å². The van der Waals surface area contributed by atoms with E-state index in [2.05, 4.69) is 20.9 Å². The lowest BCUT2D eigenvalue weighted by Gasteiger charge is -2.19. The smallest absolute Gasteiger partial charge is 0.412 e. The first kappa shape index (κ1) is 27.0. The highest BCUT2D eigenvalue weighted by Crippen LogP contribution is 2.13. The van der Waals surface area contributed by atoms with Gasteiger partial charge in [-0.3, -0.25) is 15.1 Å². The predicted octanol–water partition coefficient (Wildman–Crippen LogP) is 2.84. The van der Waals surface area contributed by atoms with Gasteiger partial charge in [0.05, 0.1) is 0 Å². The lowest BCUT2D eigenvalue weighted by atomic mass is 10.1. The number of carbonyl (C=O) groups excluding carboxylic acids is 2. The maximum absolute atomic E-state index is 11.8. The van der Waals surface area contributed by atoms with Crippen molar-refractivity contribution >= 4 is 47.6 Å². The van der Waals surface area contributed by atoms with Gasteiger partial charge in [0, 0.05) is 46.3 Å². The van der Waals surface area contributed by atoms with Crippen LogP contribution in [0.25, 0.3) is 0 Å². The summed E-state index contributed by atoms with van der Waals surface area (Å²) in [6, 6.07) is 7.61. The molecule has 0 saturated carbocycles. The number of rotatable bonds is 7. The fraction of sp³-hybridized carbons (Fsp3) is 0.550. The van der Waals surface area contributed by atoms with Crippen LogP contribution in [0.1, 0.15) is 32.8 Å². The van der Waals surface area contributed by atoms with Gasteiger partial charge in [-0.2, -0.15) is 0 Å². The number of nitrogens with zero attached hydrogens (tertiary/aromatic N) is 2. The van der Waals surface area contributed by atoms with E-state index >= 15 is 0 Å². The van der Waals surface area contributed by atoms with Crippen molar-refractivity contribution in [1.29, 1.82) is 0 Å². The van der Waals surface area contributed by atoms with Crippen molar-refractivity contribution in [3.63, 3.8) is 0 Å². The Bertz CT molecular complexity index is 670. The molecule has 3 N–H and O–H groups in total. The van der Waals surface area contributed by atoms with Gasteiger partial charge in [0.2, 0.25) is 5.91 Å². The predicted molar refractivity (Wildman–Crippen MR) is 128 cm³/mol. The number of hydrogen-bond acceptors (Lipinski definition) is 4. The lowest BCUT2D eigenvalue weighted by Crippen LogP contribution is -2.40. The van der Waals surface area contributed by atoms with Gasteiger partial charge < -0.3 is 20.3 Å². The zero-order valence-corrected chi connectivity index (χ0v) is 20.5. The molecule has 0 heterocycles. The summed E-state index contributed by atoms with van der Waals surface area (Å²) < 4.78 is 5.23. The highest BCUT2D eigenvalue weighted by Gasteiger charge is 2.16. The third kappa shape index (κ3) is 12.2. The van der Waals surface area contributed by atoms with E-state index in [1.54, 1.807) is 26.0 Å². The number of halogens is 1. The molecule has 1 aromatic rings. The van der Waals surface area contributed by atoms with Gasteiger partial charge in [-0.15, -0.1) is 24.0 Å². The fourth-order valence-electron chi connectivity index (χ4n) is 2.23. The Labute approximate surface area is 190 Å². The fourth-order valence-corrected chi connectivity index (χ4v) is 2.23. The second-order valence-corrected chi connectivity index (χ2v) is 7.54. The van der Waals surface area contributed by atoms with Crippen molar-refractivity contribution in [3.8, 4) is 0 Å². The second kappa shape index (κ2) is 13.2. The molecule has 8 nitrogen and oxygen atoms in total. The van der Waals surface area contributed by atoms with Crippen LogP contribution in [0.15, 0.2) is 29.3 Å². The standard InChI is InChI=1S/C20H33N5O3.HI/c1-20(2,3)28-19(27)24-16-9-7-15(8-10-16)11-13-22-18(21-4)23-14-12-17(26)25(5)6;/h7-10H,11-14H2,1-6H3,(H,24,27)(H2,21,22,23);1H. The molecule has 0 bridgehead atoms. The molecule has 1 aromatic carbocycles. The first-order valence-corrected chi connectivity index (χ1v) is 9.34. The molecule has 0 aliphatic heterocycles. The number of nitrogens with one attached hydrogen (secondary N) is 3. The summed E-state index contributed by atoms with van der Waals surface area (Å²) in [6.07, 6.45) is 0.744. The SMILES string of the molecule is CN=C(NCCC(=O)N(C)C)NCCc1ccc(NC(=O)OC(C)(C)C)cc1.I. The summed E-state index contributed by atoms with van der Waals surface area (Å²) in [4.78, 5) is 29.1. The zero-order valence-electron chi connectivity index (χ0n) is 18.2. The van der Waals surface area contributed by atoms with Crippen LogP contribution in [0.4, 0.5) is 10.5 Å². The van der Waals surface area contributed by atoms with Crippen LogP contribution in [-0.4, -0.2) is 62.7 Å². The quantitative estimate of drug-likeness (QED) is 0.293. The number of ether oxygens (including phenoxy) is 1. The number of guanidine groups is 1. The molecule has 0 aliphatic rings. The normalized spacial score (nSPS) is 11.2. The highest BCUT2D eigenvalue weighted by molar-refractivity contribution is 14.0. The van der Waals surface area contributed by atoms with E-state index in [9.17, 15) is 9.59 Å². The van der Waals surface area contributed by atoms with E-state index in [1.165, 1.54) is 0 Å². The summed E-state index contributed by atoms with van der Waals surface area (Å²) in [7, 11) is 5.17. The minimum absolute atomic E-state index is 0. The largest absolute Gasteiger partial charge is 0.444 e. The molecule has 29 heavy (non-hydrogen) atoms. The van der Waals surface area contributed by atoms with Gasteiger partial charge in [0.15, 0.2) is 5.96 Å². The van der Waals surface area contributed by atoms with Crippen molar-refractivity contribution in [1.82, 2.24) is 15.5 Å². The Kier molecular flexibility index (Phi) is 12.3. The van der Waals surface area contributed by atoms with Crippen LogP contribution in [0.3, 0.4) is 0 Å². The average Bonchev–Trinajstić information content (AvgIpc) is 2.59. The van der Waals surface area contributed by atoms with E-state index in [0.29, 0.717) is 31.2 Å². The van der Waals surface area contributed by atoms with Crippen LogP contribution >= 0.6 is 24.0 Å². The van der Waals surface area contributed by atoms with Gasteiger partial charge >= 0.3 is 6.09 Å². The van der Waals surface area contributed by atoms with Gasteiger partial charge in [0.25, 0.3) is 0 Å². The second-order valence-electron chi connectivity index (χ2n) is 7.54. The number of benzene rings is 1. The molecular formula is C20H34IN5O3. The summed E-state index contributed by atoms with van der Waals surface area (Å²) >= 11 is 0. The summed E-state index contributed by atoms with van der Waals surface area (Å²) in [5.41, 5.74) is 1.29. The van der Waals surface area contributed by atoms with Crippen molar-refractivity contribution in [3.05, 3.63) is 29.8 Å². The molecule has 0 unspecified atom stereocenters.